The van der Waals surface area contributed by atoms with E-state index in [0.717, 1.165) is 20.6 Å². The number of hydrogen-bond acceptors (Lipinski definition) is 3. The van der Waals surface area contributed by atoms with Crippen molar-refractivity contribution in [1.82, 2.24) is 0 Å². The first-order valence-electron chi connectivity index (χ1n) is 9.09. The second-order valence-corrected chi connectivity index (χ2v) is 8.02. The maximum Gasteiger partial charge on any atom is 0.165 e. The molecule has 0 aliphatic carbocycles. The van der Waals surface area contributed by atoms with E-state index in [1.54, 1.807) is 24.3 Å². The molecular formula is C23H21ClINO2. The van der Waals surface area contributed by atoms with Gasteiger partial charge >= 0.3 is 0 Å². The van der Waals surface area contributed by atoms with Crippen molar-refractivity contribution in [1.29, 1.82) is 0 Å². The minimum absolute atomic E-state index is 0.0635. The first-order valence-corrected chi connectivity index (χ1v) is 10.5. The molecule has 3 aromatic carbocycles. The van der Waals surface area contributed by atoms with Crippen molar-refractivity contribution in [3.63, 3.8) is 0 Å². The number of Topliss-reactive ketones (excluding diaryl/α,β-unsaturated/α-hetero) is 1. The van der Waals surface area contributed by atoms with Gasteiger partial charge in [0.25, 0.3) is 0 Å². The Morgan fingerprint density at radius 2 is 1.64 bits per heavy atom. The van der Waals surface area contributed by atoms with Crippen LogP contribution in [0, 0.1) is 3.57 Å². The Morgan fingerprint density at radius 3 is 2.25 bits per heavy atom. The van der Waals surface area contributed by atoms with Gasteiger partial charge in [-0.3, -0.25) is 4.79 Å². The fourth-order valence-corrected chi connectivity index (χ4v) is 3.39. The molecule has 1 atom stereocenters. The number of carbonyl (C=O) groups is 1. The summed E-state index contributed by atoms with van der Waals surface area (Å²) in [7, 11) is 0. The lowest BCUT2D eigenvalue weighted by molar-refractivity contribution is 0.0976. The molecule has 0 radical (unpaired) electrons. The summed E-state index contributed by atoms with van der Waals surface area (Å²) in [6, 6.07) is 22.9. The van der Waals surface area contributed by atoms with Gasteiger partial charge in [-0.25, -0.2) is 0 Å². The average Bonchev–Trinajstić information content (AvgIpc) is 2.70. The van der Waals surface area contributed by atoms with Crippen molar-refractivity contribution in [3.8, 4) is 5.75 Å². The van der Waals surface area contributed by atoms with Gasteiger partial charge in [-0.2, -0.15) is 0 Å². The summed E-state index contributed by atoms with van der Waals surface area (Å²) < 4.78 is 6.70. The molecule has 28 heavy (non-hydrogen) atoms. The molecule has 144 valence electrons. The van der Waals surface area contributed by atoms with E-state index in [1.807, 2.05) is 55.5 Å². The molecule has 0 aliphatic rings. The van der Waals surface area contributed by atoms with Crippen molar-refractivity contribution < 1.29 is 9.53 Å². The minimum Gasteiger partial charge on any atom is -0.494 e. The molecule has 0 amide bonds. The summed E-state index contributed by atoms with van der Waals surface area (Å²) >= 11 is 8.22. The van der Waals surface area contributed by atoms with Gasteiger partial charge < -0.3 is 10.1 Å². The third-order valence-corrected chi connectivity index (χ3v) is 5.31. The third kappa shape index (κ3) is 5.72. The molecule has 3 rings (SSSR count). The van der Waals surface area contributed by atoms with Gasteiger partial charge in [0, 0.05) is 26.3 Å². The fourth-order valence-electron chi connectivity index (χ4n) is 2.90. The van der Waals surface area contributed by atoms with Gasteiger partial charge in [0.2, 0.25) is 0 Å². The molecule has 0 saturated heterocycles. The summed E-state index contributed by atoms with van der Waals surface area (Å²) in [6.07, 6.45) is 0.335. The van der Waals surface area contributed by atoms with Crippen LogP contribution in [0.15, 0.2) is 72.8 Å². The van der Waals surface area contributed by atoms with Gasteiger partial charge in [0.05, 0.1) is 12.6 Å². The molecule has 5 heteroatoms. The Morgan fingerprint density at radius 1 is 1.00 bits per heavy atom. The Kier molecular flexibility index (Phi) is 7.34. The van der Waals surface area contributed by atoms with Crippen molar-refractivity contribution in [2.24, 2.45) is 0 Å². The zero-order valence-corrected chi connectivity index (χ0v) is 18.4. The molecular weight excluding hydrogens is 485 g/mol. The van der Waals surface area contributed by atoms with E-state index >= 15 is 0 Å². The Labute approximate surface area is 184 Å². The quantitative estimate of drug-likeness (QED) is 0.271. The topological polar surface area (TPSA) is 38.3 Å². The second-order valence-electron chi connectivity index (χ2n) is 6.34. The normalized spacial score (nSPS) is 11.7. The van der Waals surface area contributed by atoms with Crippen LogP contribution in [0.25, 0.3) is 0 Å². The first kappa shape index (κ1) is 20.7. The molecule has 1 N–H and O–H groups in total. The molecule has 3 aromatic rings. The lowest BCUT2D eigenvalue weighted by atomic mass is 9.97. The number of ether oxygens (including phenoxy) is 1. The van der Waals surface area contributed by atoms with Crippen molar-refractivity contribution >= 4 is 45.7 Å². The number of carbonyl (C=O) groups excluding carboxylic acids is 1. The third-order valence-electron chi connectivity index (χ3n) is 4.33. The number of nitrogens with one attached hydrogen (secondary N) is 1. The largest absolute Gasteiger partial charge is 0.494 e. The summed E-state index contributed by atoms with van der Waals surface area (Å²) in [6.45, 7) is 2.58. The van der Waals surface area contributed by atoms with Crippen molar-refractivity contribution in [2.45, 2.75) is 19.4 Å². The SMILES string of the molecule is CCOc1ccc(C(CC(=O)c2ccc(Cl)cc2)Nc2ccc(I)cc2)cc1. The molecule has 0 aliphatic heterocycles. The van der Waals surface area contributed by atoms with Crippen LogP contribution >= 0.6 is 34.2 Å². The van der Waals surface area contributed by atoms with Gasteiger partial charge in [0.15, 0.2) is 5.78 Å². The fraction of sp³-hybridized carbons (Fsp3) is 0.174. The molecule has 0 bridgehead atoms. The number of halogens is 2. The van der Waals surface area contributed by atoms with Crippen LogP contribution in [-0.4, -0.2) is 12.4 Å². The number of rotatable bonds is 8. The van der Waals surface area contributed by atoms with E-state index in [4.69, 9.17) is 16.3 Å². The number of hydrogen-bond donors (Lipinski definition) is 1. The highest BCUT2D eigenvalue weighted by atomic mass is 127. The highest BCUT2D eigenvalue weighted by Gasteiger charge is 2.18. The van der Waals surface area contributed by atoms with Crippen LogP contribution in [0.5, 0.6) is 5.75 Å². The monoisotopic (exact) mass is 505 g/mol. The van der Waals surface area contributed by atoms with Crippen LogP contribution in [-0.2, 0) is 0 Å². The zero-order valence-electron chi connectivity index (χ0n) is 15.5. The molecule has 0 aromatic heterocycles. The molecule has 0 fully saturated rings. The predicted molar refractivity (Wildman–Crippen MR) is 124 cm³/mol. The number of benzene rings is 3. The maximum atomic E-state index is 12.8. The van der Waals surface area contributed by atoms with Gasteiger partial charge in [-0.1, -0.05) is 23.7 Å². The minimum atomic E-state index is -0.154. The highest BCUT2D eigenvalue weighted by molar-refractivity contribution is 14.1. The Balaban J connectivity index is 1.83. The molecule has 0 spiro atoms. The Bertz CT molecular complexity index is 909. The van der Waals surface area contributed by atoms with E-state index in [1.165, 1.54) is 0 Å². The predicted octanol–water partition coefficient (Wildman–Crippen LogP) is 6.77. The van der Waals surface area contributed by atoms with Crippen molar-refractivity contribution in [2.75, 3.05) is 11.9 Å². The van der Waals surface area contributed by atoms with Gasteiger partial charge in [-0.05, 0) is 95.7 Å². The smallest absolute Gasteiger partial charge is 0.165 e. The summed E-state index contributed by atoms with van der Waals surface area (Å²) in [5.41, 5.74) is 2.66. The van der Waals surface area contributed by atoms with Crippen LogP contribution in [0.3, 0.4) is 0 Å². The van der Waals surface area contributed by atoms with Crippen LogP contribution in [0.1, 0.15) is 35.3 Å². The number of anilines is 1. The van der Waals surface area contributed by atoms with E-state index < -0.39 is 0 Å². The lowest BCUT2D eigenvalue weighted by Gasteiger charge is -2.20. The second kappa shape index (κ2) is 9.94. The molecule has 1 unspecified atom stereocenters. The first-order chi connectivity index (χ1) is 13.5. The molecule has 0 heterocycles. The summed E-state index contributed by atoms with van der Waals surface area (Å²) in [5, 5.41) is 4.12. The van der Waals surface area contributed by atoms with E-state index in [0.29, 0.717) is 23.6 Å². The molecule has 3 nitrogen and oxygen atoms in total. The standard InChI is InChI=1S/C23H21ClINO2/c1-2-28-21-13-5-16(6-14-21)22(26-20-11-9-19(25)10-12-20)15-23(27)17-3-7-18(24)8-4-17/h3-14,22,26H,2,15H2,1H3. The number of ketones is 1. The van der Waals surface area contributed by atoms with Gasteiger partial charge in [-0.15, -0.1) is 0 Å². The molecule has 0 saturated carbocycles. The highest BCUT2D eigenvalue weighted by Crippen LogP contribution is 2.27. The Hall–Kier alpha value is -2.05. The zero-order chi connectivity index (χ0) is 19.9. The van der Waals surface area contributed by atoms with Crippen LogP contribution < -0.4 is 10.1 Å². The summed E-state index contributed by atoms with van der Waals surface area (Å²) in [4.78, 5) is 12.8. The van der Waals surface area contributed by atoms with Crippen LogP contribution in [0.2, 0.25) is 5.02 Å². The summed E-state index contributed by atoms with van der Waals surface area (Å²) in [5.74, 6) is 0.886. The van der Waals surface area contributed by atoms with E-state index in [9.17, 15) is 4.79 Å². The van der Waals surface area contributed by atoms with E-state index in [-0.39, 0.29) is 11.8 Å². The van der Waals surface area contributed by atoms with E-state index in [2.05, 4.69) is 27.9 Å². The maximum absolute atomic E-state index is 12.8. The lowest BCUT2D eigenvalue weighted by Crippen LogP contribution is -2.16. The van der Waals surface area contributed by atoms with Crippen molar-refractivity contribution in [3.05, 3.63) is 92.5 Å². The van der Waals surface area contributed by atoms with Gasteiger partial charge in [0.1, 0.15) is 5.75 Å². The van der Waals surface area contributed by atoms with Crippen LogP contribution in [0.4, 0.5) is 5.69 Å². The average molecular weight is 506 g/mol.